The van der Waals surface area contributed by atoms with Gasteiger partial charge < -0.3 is 15.5 Å². The molecule has 6 heteroatoms. The Morgan fingerprint density at radius 1 is 0.793 bits per heavy atom. The highest BCUT2D eigenvalue weighted by molar-refractivity contribution is 5.80. The smallest absolute Gasteiger partial charge is 0.306 e. The van der Waals surface area contributed by atoms with E-state index in [1.165, 1.54) is 0 Å². The van der Waals surface area contributed by atoms with Gasteiger partial charge in [-0.25, -0.2) is 0 Å². The second-order valence-electron chi connectivity index (χ2n) is 7.14. The van der Waals surface area contributed by atoms with E-state index in [0.29, 0.717) is 19.3 Å². The molecule has 0 saturated heterocycles. The van der Waals surface area contributed by atoms with Crippen molar-refractivity contribution in [2.75, 3.05) is 6.54 Å². The minimum absolute atomic E-state index is 0.0185. The summed E-state index contributed by atoms with van der Waals surface area (Å²) in [5, 5.41) is 21.2. The van der Waals surface area contributed by atoms with E-state index < -0.39 is 23.8 Å². The molecule has 0 fully saturated rings. The summed E-state index contributed by atoms with van der Waals surface area (Å²) in [5.41, 5.74) is 1.88. The van der Waals surface area contributed by atoms with Crippen molar-refractivity contribution in [3.05, 3.63) is 71.8 Å². The normalized spacial score (nSPS) is 12.7. The Hall–Kier alpha value is -3.15. The molecular formula is C23H27NO5. The van der Waals surface area contributed by atoms with Crippen molar-refractivity contribution in [2.24, 2.45) is 11.8 Å². The zero-order valence-corrected chi connectivity index (χ0v) is 16.3. The molecular weight excluding hydrogens is 370 g/mol. The lowest BCUT2D eigenvalue weighted by Gasteiger charge is -2.21. The van der Waals surface area contributed by atoms with Gasteiger partial charge in [0, 0.05) is 18.9 Å². The van der Waals surface area contributed by atoms with Gasteiger partial charge in [-0.15, -0.1) is 0 Å². The largest absolute Gasteiger partial charge is 0.481 e. The van der Waals surface area contributed by atoms with Crippen LogP contribution in [0.3, 0.4) is 0 Å². The zero-order valence-electron chi connectivity index (χ0n) is 16.3. The number of nitrogens with one attached hydrogen (secondary N) is 1. The van der Waals surface area contributed by atoms with Crippen molar-refractivity contribution < 1.29 is 24.6 Å². The SMILES string of the molecule is O=C(O)CCCNC(=O)[C@H](Cc1ccccc1)C[C@@H](Cc1ccccc1)C(=O)O. The fourth-order valence-corrected chi connectivity index (χ4v) is 3.29. The van der Waals surface area contributed by atoms with Gasteiger partial charge in [0.25, 0.3) is 0 Å². The molecule has 2 rings (SSSR count). The average Bonchev–Trinajstić information content (AvgIpc) is 2.71. The van der Waals surface area contributed by atoms with Crippen LogP contribution in [0.5, 0.6) is 0 Å². The lowest BCUT2D eigenvalue weighted by molar-refractivity contribution is -0.143. The van der Waals surface area contributed by atoms with Crippen molar-refractivity contribution in [2.45, 2.75) is 32.1 Å². The minimum Gasteiger partial charge on any atom is -0.481 e. The van der Waals surface area contributed by atoms with Crippen LogP contribution in [-0.2, 0) is 27.2 Å². The highest BCUT2D eigenvalue weighted by atomic mass is 16.4. The molecule has 29 heavy (non-hydrogen) atoms. The second kappa shape index (κ2) is 11.6. The number of carboxylic acids is 2. The number of carbonyl (C=O) groups excluding carboxylic acids is 1. The number of carboxylic acid groups (broad SMARTS) is 2. The Labute approximate surface area is 170 Å². The molecule has 2 aromatic carbocycles. The Kier molecular flexibility index (Phi) is 8.89. The standard InChI is InChI=1S/C23H27NO5/c25-21(26)12-7-13-24-22(27)19(14-17-8-3-1-4-9-17)16-20(23(28)29)15-18-10-5-2-6-11-18/h1-6,8-11,19-20H,7,12-16H2,(H,24,27)(H,25,26)(H,28,29)/t19-,20-/m1/s1. The van der Waals surface area contributed by atoms with Gasteiger partial charge in [0.2, 0.25) is 5.91 Å². The molecule has 1 amide bonds. The third-order valence-electron chi connectivity index (χ3n) is 4.81. The summed E-state index contributed by atoms with van der Waals surface area (Å²) in [5.74, 6) is -3.26. The first kappa shape index (κ1) is 22.1. The summed E-state index contributed by atoms with van der Waals surface area (Å²) >= 11 is 0. The average molecular weight is 397 g/mol. The molecule has 0 aliphatic heterocycles. The number of rotatable bonds is 12. The molecule has 2 atom stereocenters. The van der Waals surface area contributed by atoms with Gasteiger partial charge in [-0.3, -0.25) is 14.4 Å². The minimum atomic E-state index is -0.925. The predicted molar refractivity (Wildman–Crippen MR) is 109 cm³/mol. The number of aliphatic carboxylic acids is 2. The fraction of sp³-hybridized carbons (Fsp3) is 0.348. The summed E-state index contributed by atoms with van der Waals surface area (Å²) in [7, 11) is 0. The van der Waals surface area contributed by atoms with Crippen molar-refractivity contribution in [3.8, 4) is 0 Å². The Morgan fingerprint density at radius 2 is 1.31 bits per heavy atom. The van der Waals surface area contributed by atoms with Crippen LogP contribution in [0.4, 0.5) is 0 Å². The first-order chi connectivity index (χ1) is 14.0. The summed E-state index contributed by atoms with van der Waals surface area (Å²) < 4.78 is 0. The first-order valence-corrected chi connectivity index (χ1v) is 9.76. The van der Waals surface area contributed by atoms with E-state index in [1.807, 2.05) is 60.7 Å². The van der Waals surface area contributed by atoms with E-state index in [0.717, 1.165) is 11.1 Å². The van der Waals surface area contributed by atoms with Crippen molar-refractivity contribution in [3.63, 3.8) is 0 Å². The first-order valence-electron chi connectivity index (χ1n) is 9.76. The van der Waals surface area contributed by atoms with Crippen LogP contribution in [-0.4, -0.2) is 34.6 Å². The maximum Gasteiger partial charge on any atom is 0.306 e. The Balaban J connectivity index is 2.08. The molecule has 0 bridgehead atoms. The van der Waals surface area contributed by atoms with E-state index in [9.17, 15) is 19.5 Å². The Morgan fingerprint density at radius 3 is 1.79 bits per heavy atom. The molecule has 0 spiro atoms. The Bertz CT molecular complexity index is 791. The van der Waals surface area contributed by atoms with Gasteiger partial charge in [0.15, 0.2) is 0 Å². The lowest BCUT2D eigenvalue weighted by atomic mass is 9.85. The van der Waals surface area contributed by atoms with Crippen LogP contribution in [0.1, 0.15) is 30.4 Å². The molecule has 2 aromatic rings. The van der Waals surface area contributed by atoms with Crippen LogP contribution < -0.4 is 5.32 Å². The number of carbonyl (C=O) groups is 3. The summed E-state index contributed by atoms with van der Waals surface area (Å²) in [6.45, 7) is 0.257. The quantitative estimate of drug-likeness (QED) is 0.477. The summed E-state index contributed by atoms with van der Waals surface area (Å²) in [6, 6.07) is 18.9. The third kappa shape index (κ3) is 8.17. The summed E-state index contributed by atoms with van der Waals surface area (Å²) in [6.07, 6.45) is 1.32. The predicted octanol–water partition coefficient (Wildman–Crippen LogP) is 3.16. The van der Waals surface area contributed by atoms with Crippen molar-refractivity contribution >= 4 is 17.8 Å². The molecule has 0 unspecified atom stereocenters. The van der Waals surface area contributed by atoms with E-state index in [-0.39, 0.29) is 25.3 Å². The summed E-state index contributed by atoms with van der Waals surface area (Å²) in [4.78, 5) is 35.2. The van der Waals surface area contributed by atoms with E-state index >= 15 is 0 Å². The van der Waals surface area contributed by atoms with Crippen LogP contribution >= 0.6 is 0 Å². The molecule has 0 aliphatic carbocycles. The maximum absolute atomic E-state index is 12.8. The zero-order chi connectivity index (χ0) is 21.1. The van der Waals surface area contributed by atoms with Crippen LogP contribution in [0.15, 0.2) is 60.7 Å². The van der Waals surface area contributed by atoms with E-state index in [2.05, 4.69) is 5.32 Å². The van der Waals surface area contributed by atoms with Gasteiger partial charge in [-0.2, -0.15) is 0 Å². The van der Waals surface area contributed by atoms with E-state index in [1.54, 1.807) is 0 Å². The topological polar surface area (TPSA) is 104 Å². The van der Waals surface area contributed by atoms with Crippen LogP contribution in [0.2, 0.25) is 0 Å². The van der Waals surface area contributed by atoms with Crippen LogP contribution in [0.25, 0.3) is 0 Å². The fourth-order valence-electron chi connectivity index (χ4n) is 3.29. The number of amides is 1. The number of hydrogen-bond acceptors (Lipinski definition) is 3. The van der Waals surface area contributed by atoms with Crippen molar-refractivity contribution in [1.29, 1.82) is 0 Å². The highest BCUT2D eigenvalue weighted by Crippen LogP contribution is 2.22. The van der Waals surface area contributed by atoms with Crippen molar-refractivity contribution in [1.82, 2.24) is 5.32 Å². The van der Waals surface area contributed by atoms with Crippen LogP contribution in [0, 0.1) is 11.8 Å². The molecule has 0 radical (unpaired) electrons. The lowest BCUT2D eigenvalue weighted by Crippen LogP contribution is -2.35. The number of hydrogen-bond donors (Lipinski definition) is 3. The van der Waals surface area contributed by atoms with Gasteiger partial charge in [-0.05, 0) is 36.8 Å². The number of benzene rings is 2. The third-order valence-corrected chi connectivity index (χ3v) is 4.81. The molecule has 3 N–H and O–H groups in total. The molecule has 0 saturated carbocycles. The molecule has 0 heterocycles. The van der Waals surface area contributed by atoms with Gasteiger partial charge in [0.05, 0.1) is 5.92 Å². The highest BCUT2D eigenvalue weighted by Gasteiger charge is 2.27. The molecule has 154 valence electrons. The molecule has 0 aromatic heterocycles. The van der Waals surface area contributed by atoms with Gasteiger partial charge in [0.1, 0.15) is 0 Å². The maximum atomic E-state index is 12.8. The van der Waals surface area contributed by atoms with Gasteiger partial charge >= 0.3 is 11.9 Å². The van der Waals surface area contributed by atoms with E-state index in [4.69, 9.17) is 5.11 Å². The molecule has 0 aliphatic rings. The monoisotopic (exact) mass is 397 g/mol. The van der Waals surface area contributed by atoms with Gasteiger partial charge in [-0.1, -0.05) is 60.7 Å². The second-order valence-corrected chi connectivity index (χ2v) is 7.14. The molecule has 6 nitrogen and oxygen atoms in total.